The fourth-order valence-electron chi connectivity index (χ4n) is 2.72. The van der Waals surface area contributed by atoms with Gasteiger partial charge in [-0.3, -0.25) is 9.67 Å². The Balaban J connectivity index is 1.99. The number of guanidine groups is 1. The van der Waals surface area contributed by atoms with E-state index in [1.807, 2.05) is 45.5 Å². The van der Waals surface area contributed by atoms with Crippen LogP contribution in [0.2, 0.25) is 0 Å². The van der Waals surface area contributed by atoms with E-state index >= 15 is 0 Å². The van der Waals surface area contributed by atoms with Gasteiger partial charge in [-0.05, 0) is 31.8 Å². The summed E-state index contributed by atoms with van der Waals surface area (Å²) in [7, 11) is 9.74. The Hall–Kier alpha value is -2.41. The fraction of sp³-hybridized carbons (Fsp3) is 0.444. The molecule has 1 atom stereocenters. The number of rotatable bonds is 6. The van der Waals surface area contributed by atoms with Crippen LogP contribution < -0.4 is 5.32 Å². The summed E-state index contributed by atoms with van der Waals surface area (Å²) in [6.07, 6.45) is 3.91. The third-order valence-electron chi connectivity index (χ3n) is 4.09. The van der Waals surface area contributed by atoms with Crippen molar-refractivity contribution in [3.05, 3.63) is 53.6 Å². The Morgan fingerprint density at radius 1 is 1.28 bits per heavy atom. The molecule has 0 aliphatic carbocycles. The second-order valence-corrected chi connectivity index (χ2v) is 6.34. The Kier molecular flexibility index (Phi) is 6.52. The zero-order valence-corrected chi connectivity index (χ0v) is 15.6. The number of aromatic nitrogens is 2. The van der Waals surface area contributed by atoms with Crippen LogP contribution in [0.1, 0.15) is 17.2 Å². The highest BCUT2D eigenvalue weighted by molar-refractivity contribution is 5.79. The van der Waals surface area contributed by atoms with Gasteiger partial charge in [-0.15, -0.1) is 0 Å². The molecule has 0 bridgehead atoms. The summed E-state index contributed by atoms with van der Waals surface area (Å²) < 4.78 is 14.8. The average Bonchev–Trinajstić information content (AvgIpc) is 2.99. The van der Waals surface area contributed by atoms with Gasteiger partial charge in [-0.2, -0.15) is 5.10 Å². The first-order chi connectivity index (χ1) is 11.9. The monoisotopic (exact) mass is 346 g/mol. The van der Waals surface area contributed by atoms with Crippen molar-refractivity contribution in [3.63, 3.8) is 0 Å². The van der Waals surface area contributed by atoms with Crippen molar-refractivity contribution >= 4 is 5.96 Å². The van der Waals surface area contributed by atoms with Gasteiger partial charge >= 0.3 is 0 Å². The maximum atomic E-state index is 13.0. The molecule has 0 saturated carbocycles. The Bertz CT molecular complexity index is 692. The summed E-state index contributed by atoms with van der Waals surface area (Å²) in [5.74, 6) is 0.569. The van der Waals surface area contributed by atoms with Crippen LogP contribution in [-0.2, 0) is 13.6 Å². The highest BCUT2D eigenvalue weighted by atomic mass is 19.1. The van der Waals surface area contributed by atoms with Gasteiger partial charge in [0, 0.05) is 46.0 Å². The molecule has 0 aliphatic heterocycles. The lowest BCUT2D eigenvalue weighted by molar-refractivity contribution is 0.295. The minimum absolute atomic E-state index is 0.185. The van der Waals surface area contributed by atoms with Crippen molar-refractivity contribution in [3.8, 4) is 0 Å². The van der Waals surface area contributed by atoms with Crippen molar-refractivity contribution in [1.29, 1.82) is 0 Å². The first-order valence-corrected chi connectivity index (χ1v) is 8.22. The summed E-state index contributed by atoms with van der Waals surface area (Å²) in [6, 6.07) is 6.72. The fourth-order valence-corrected chi connectivity index (χ4v) is 2.72. The first-order valence-electron chi connectivity index (χ1n) is 8.22. The largest absolute Gasteiger partial charge is 0.354 e. The molecule has 1 N–H and O–H groups in total. The van der Waals surface area contributed by atoms with Gasteiger partial charge in [-0.25, -0.2) is 4.39 Å². The number of hydrogen-bond donors (Lipinski definition) is 1. The molecule has 2 aromatic rings. The molecule has 0 aliphatic rings. The second-order valence-electron chi connectivity index (χ2n) is 6.34. The molecule has 1 aromatic heterocycles. The number of halogens is 1. The molecule has 0 saturated heterocycles. The molecule has 0 radical (unpaired) electrons. The zero-order valence-electron chi connectivity index (χ0n) is 15.6. The molecule has 25 heavy (non-hydrogen) atoms. The van der Waals surface area contributed by atoms with Crippen LogP contribution >= 0.6 is 0 Å². The standard InChI is InChI=1S/C18H27FN6/c1-20-18(24(4)12-14-6-8-16(19)9-7-14)21-11-17(23(2)3)15-10-22-25(5)13-15/h6-10,13,17H,11-12H2,1-5H3,(H,20,21). The zero-order chi connectivity index (χ0) is 18.4. The van der Waals surface area contributed by atoms with E-state index in [1.165, 1.54) is 12.1 Å². The van der Waals surface area contributed by atoms with Gasteiger partial charge in [0.1, 0.15) is 5.82 Å². The topological polar surface area (TPSA) is 48.7 Å². The summed E-state index contributed by atoms with van der Waals surface area (Å²) >= 11 is 0. The van der Waals surface area contributed by atoms with Gasteiger partial charge in [0.25, 0.3) is 0 Å². The summed E-state index contributed by atoms with van der Waals surface area (Å²) in [4.78, 5) is 8.52. The van der Waals surface area contributed by atoms with Crippen LogP contribution in [-0.4, -0.2) is 60.3 Å². The molecular weight excluding hydrogens is 319 g/mol. The maximum absolute atomic E-state index is 13.0. The molecule has 0 spiro atoms. The molecule has 7 heteroatoms. The highest BCUT2D eigenvalue weighted by Crippen LogP contribution is 2.16. The summed E-state index contributed by atoms with van der Waals surface area (Å²) in [6.45, 7) is 1.36. The van der Waals surface area contributed by atoms with E-state index in [4.69, 9.17) is 0 Å². The normalized spacial score (nSPS) is 13.2. The van der Waals surface area contributed by atoms with Crippen molar-refractivity contribution < 1.29 is 4.39 Å². The maximum Gasteiger partial charge on any atom is 0.193 e. The Morgan fingerprint density at radius 2 is 1.96 bits per heavy atom. The first kappa shape index (κ1) is 18.9. The van der Waals surface area contributed by atoms with E-state index in [0.29, 0.717) is 13.1 Å². The predicted octanol–water partition coefficient (Wildman–Crippen LogP) is 1.87. The number of hydrogen-bond acceptors (Lipinski definition) is 3. The third kappa shape index (κ3) is 5.29. The Morgan fingerprint density at radius 3 is 2.48 bits per heavy atom. The minimum atomic E-state index is -0.223. The van der Waals surface area contributed by atoms with Gasteiger partial charge in [0.15, 0.2) is 5.96 Å². The summed E-state index contributed by atoms with van der Waals surface area (Å²) in [5.41, 5.74) is 2.18. The van der Waals surface area contributed by atoms with Gasteiger partial charge < -0.3 is 15.1 Å². The number of benzene rings is 1. The van der Waals surface area contributed by atoms with Crippen LogP contribution in [0, 0.1) is 5.82 Å². The quantitative estimate of drug-likeness (QED) is 0.641. The molecule has 0 amide bonds. The van der Waals surface area contributed by atoms with Crippen LogP contribution in [0.4, 0.5) is 4.39 Å². The van der Waals surface area contributed by atoms with E-state index in [2.05, 4.69) is 20.3 Å². The van der Waals surface area contributed by atoms with Gasteiger partial charge in [-0.1, -0.05) is 12.1 Å². The van der Waals surface area contributed by atoms with Crippen LogP contribution in [0.3, 0.4) is 0 Å². The molecule has 1 aromatic carbocycles. The summed E-state index contributed by atoms with van der Waals surface area (Å²) in [5, 5.41) is 7.67. The number of aliphatic imine (C=N–C) groups is 1. The lowest BCUT2D eigenvalue weighted by atomic mass is 10.1. The number of nitrogens with zero attached hydrogens (tertiary/aromatic N) is 5. The van der Waals surface area contributed by atoms with Gasteiger partial charge in [0.05, 0.1) is 12.2 Å². The molecule has 2 rings (SSSR count). The lowest BCUT2D eigenvalue weighted by Crippen LogP contribution is -2.42. The number of aryl methyl sites for hydroxylation is 1. The van der Waals surface area contributed by atoms with E-state index in [9.17, 15) is 4.39 Å². The van der Waals surface area contributed by atoms with Crippen molar-refractivity contribution in [2.45, 2.75) is 12.6 Å². The second kappa shape index (κ2) is 8.62. The Labute approximate surface area is 149 Å². The van der Waals surface area contributed by atoms with Crippen molar-refractivity contribution in [2.24, 2.45) is 12.0 Å². The molecule has 136 valence electrons. The van der Waals surface area contributed by atoms with Crippen LogP contribution in [0.25, 0.3) is 0 Å². The molecule has 1 unspecified atom stereocenters. The molecule has 1 heterocycles. The molecule has 6 nitrogen and oxygen atoms in total. The SMILES string of the molecule is CN=C(NCC(c1cnn(C)c1)N(C)C)N(C)Cc1ccc(F)cc1. The smallest absolute Gasteiger partial charge is 0.193 e. The van der Waals surface area contributed by atoms with Crippen LogP contribution in [0.15, 0.2) is 41.7 Å². The third-order valence-corrected chi connectivity index (χ3v) is 4.09. The van der Waals surface area contributed by atoms with E-state index in [0.717, 1.165) is 17.1 Å². The predicted molar refractivity (Wildman–Crippen MR) is 98.9 cm³/mol. The lowest BCUT2D eigenvalue weighted by Gasteiger charge is -2.27. The van der Waals surface area contributed by atoms with Crippen molar-refractivity contribution in [1.82, 2.24) is 24.9 Å². The number of likely N-dealkylation sites (N-methyl/N-ethyl adjacent to an activating group) is 1. The van der Waals surface area contributed by atoms with Crippen molar-refractivity contribution in [2.75, 3.05) is 34.7 Å². The highest BCUT2D eigenvalue weighted by Gasteiger charge is 2.17. The van der Waals surface area contributed by atoms with E-state index < -0.39 is 0 Å². The molecular formula is C18H27FN6. The van der Waals surface area contributed by atoms with E-state index in [-0.39, 0.29) is 11.9 Å². The minimum Gasteiger partial charge on any atom is -0.354 e. The molecule has 0 fully saturated rings. The van der Waals surface area contributed by atoms with Crippen LogP contribution in [0.5, 0.6) is 0 Å². The number of nitrogens with one attached hydrogen (secondary N) is 1. The van der Waals surface area contributed by atoms with E-state index in [1.54, 1.807) is 23.9 Å². The van der Waals surface area contributed by atoms with Gasteiger partial charge in [0.2, 0.25) is 0 Å². The average molecular weight is 346 g/mol.